The monoisotopic (exact) mass is 239 g/mol. The molecule has 1 aromatic rings. The van der Waals surface area contributed by atoms with Gasteiger partial charge in [-0.2, -0.15) is 0 Å². The topological polar surface area (TPSA) is 24.0 Å². The summed E-state index contributed by atoms with van der Waals surface area (Å²) in [6.45, 7) is 7.99. The summed E-state index contributed by atoms with van der Waals surface area (Å²) in [5, 5.41) is 0. The van der Waals surface area contributed by atoms with E-state index in [1.165, 1.54) is 38.0 Å². The molecule has 0 aliphatic carbocycles. The van der Waals surface area contributed by atoms with Gasteiger partial charge < -0.3 is 14.5 Å². The second-order valence-electron chi connectivity index (χ2n) is 4.82. The van der Waals surface area contributed by atoms with Crippen molar-refractivity contribution in [3.63, 3.8) is 0 Å². The van der Waals surface area contributed by atoms with Gasteiger partial charge in [0.2, 0.25) is 0 Å². The first-order chi connectivity index (χ1) is 7.68. The average Bonchev–Trinajstić information content (AvgIpc) is 2.60. The molecular formula is C12H21N3S. The zero-order chi connectivity index (χ0) is 11.5. The number of nitrogens with one attached hydrogen (secondary N) is 1. The fraction of sp³-hybridized carbons (Fsp3) is 0.750. The molecule has 3 nitrogen and oxygen atoms in total. The molecule has 90 valence electrons. The SMILES string of the molecule is Cc1c[nH]c(=S)n1C(C)CN1CCCCC1. The van der Waals surface area contributed by atoms with E-state index < -0.39 is 0 Å². The largest absolute Gasteiger partial charge is 0.337 e. The highest BCUT2D eigenvalue weighted by atomic mass is 32.1. The van der Waals surface area contributed by atoms with Crippen molar-refractivity contribution in [3.05, 3.63) is 16.7 Å². The van der Waals surface area contributed by atoms with Crippen LogP contribution in [0.4, 0.5) is 0 Å². The second kappa shape index (κ2) is 5.15. The molecule has 4 heteroatoms. The summed E-state index contributed by atoms with van der Waals surface area (Å²) in [6.07, 6.45) is 6.09. The van der Waals surface area contributed by atoms with E-state index in [0.29, 0.717) is 6.04 Å². The third kappa shape index (κ3) is 2.55. The highest BCUT2D eigenvalue weighted by Gasteiger charge is 2.15. The molecule has 0 spiro atoms. The lowest BCUT2D eigenvalue weighted by Gasteiger charge is -2.29. The predicted octanol–water partition coefficient (Wildman–Crippen LogP) is 2.90. The predicted molar refractivity (Wildman–Crippen MR) is 69.4 cm³/mol. The van der Waals surface area contributed by atoms with Gasteiger partial charge in [-0.25, -0.2) is 0 Å². The molecule has 1 N–H and O–H groups in total. The number of nitrogens with zero attached hydrogens (tertiary/aromatic N) is 2. The number of hydrogen-bond donors (Lipinski definition) is 1. The van der Waals surface area contributed by atoms with E-state index in [1.807, 2.05) is 6.20 Å². The first kappa shape index (κ1) is 11.9. The van der Waals surface area contributed by atoms with Crippen LogP contribution in [0.15, 0.2) is 6.20 Å². The van der Waals surface area contributed by atoms with Gasteiger partial charge >= 0.3 is 0 Å². The quantitative estimate of drug-likeness (QED) is 0.820. The van der Waals surface area contributed by atoms with Crippen molar-refractivity contribution in [1.29, 1.82) is 0 Å². The summed E-state index contributed by atoms with van der Waals surface area (Å²) in [6, 6.07) is 0.469. The van der Waals surface area contributed by atoms with E-state index in [0.717, 1.165) is 11.3 Å². The molecule has 1 atom stereocenters. The van der Waals surface area contributed by atoms with Crippen molar-refractivity contribution in [2.75, 3.05) is 19.6 Å². The van der Waals surface area contributed by atoms with Crippen LogP contribution in [0.3, 0.4) is 0 Å². The smallest absolute Gasteiger partial charge is 0.177 e. The van der Waals surface area contributed by atoms with E-state index in [9.17, 15) is 0 Å². The van der Waals surface area contributed by atoms with Gasteiger partial charge in [0.25, 0.3) is 0 Å². The molecule has 1 aromatic heterocycles. The van der Waals surface area contributed by atoms with Gasteiger partial charge in [0.15, 0.2) is 4.77 Å². The molecular weight excluding hydrogens is 218 g/mol. The lowest BCUT2D eigenvalue weighted by atomic mass is 10.1. The van der Waals surface area contributed by atoms with Crippen LogP contribution in [0, 0.1) is 11.7 Å². The normalized spacial score (nSPS) is 19.9. The van der Waals surface area contributed by atoms with Crippen LogP contribution < -0.4 is 0 Å². The van der Waals surface area contributed by atoms with E-state index in [2.05, 4.69) is 28.3 Å². The molecule has 1 fully saturated rings. The molecule has 0 amide bonds. The second-order valence-corrected chi connectivity index (χ2v) is 5.20. The maximum Gasteiger partial charge on any atom is 0.177 e. The van der Waals surface area contributed by atoms with E-state index in [1.54, 1.807) is 0 Å². The average molecular weight is 239 g/mol. The van der Waals surface area contributed by atoms with Crippen molar-refractivity contribution in [2.45, 2.75) is 39.2 Å². The molecule has 0 saturated carbocycles. The standard InChI is InChI=1S/C12H21N3S/c1-10-8-13-12(16)15(10)11(2)9-14-6-4-3-5-7-14/h8,11H,3-7,9H2,1-2H3,(H,13,16). The molecule has 16 heavy (non-hydrogen) atoms. The van der Waals surface area contributed by atoms with Gasteiger partial charge in [-0.15, -0.1) is 0 Å². The van der Waals surface area contributed by atoms with Crippen molar-refractivity contribution in [3.8, 4) is 0 Å². The lowest BCUT2D eigenvalue weighted by Crippen LogP contribution is -2.34. The number of aromatic amines is 1. The summed E-state index contributed by atoms with van der Waals surface area (Å²) < 4.78 is 3.08. The number of aromatic nitrogens is 2. The van der Waals surface area contributed by atoms with E-state index in [4.69, 9.17) is 12.2 Å². The van der Waals surface area contributed by atoms with Crippen LogP contribution in [0.25, 0.3) is 0 Å². The Balaban J connectivity index is 2.02. The summed E-state index contributed by atoms with van der Waals surface area (Å²) in [7, 11) is 0. The van der Waals surface area contributed by atoms with Gasteiger partial charge in [0, 0.05) is 24.5 Å². The Morgan fingerprint density at radius 1 is 1.38 bits per heavy atom. The summed E-state index contributed by atoms with van der Waals surface area (Å²) in [5.41, 5.74) is 1.23. The minimum absolute atomic E-state index is 0.469. The molecule has 1 saturated heterocycles. The molecule has 0 radical (unpaired) electrons. The maximum atomic E-state index is 5.31. The van der Waals surface area contributed by atoms with Crippen molar-refractivity contribution < 1.29 is 0 Å². The van der Waals surface area contributed by atoms with Crippen LogP contribution in [0.1, 0.15) is 37.9 Å². The third-order valence-corrected chi connectivity index (χ3v) is 3.73. The van der Waals surface area contributed by atoms with Crippen LogP contribution >= 0.6 is 12.2 Å². The van der Waals surface area contributed by atoms with Crippen molar-refractivity contribution in [1.82, 2.24) is 14.5 Å². The first-order valence-corrected chi connectivity index (χ1v) is 6.58. The van der Waals surface area contributed by atoms with Crippen LogP contribution in [-0.2, 0) is 0 Å². The maximum absolute atomic E-state index is 5.31. The van der Waals surface area contributed by atoms with Crippen LogP contribution in [-0.4, -0.2) is 34.1 Å². The van der Waals surface area contributed by atoms with E-state index >= 15 is 0 Å². The number of H-pyrrole nitrogens is 1. The number of likely N-dealkylation sites (tertiary alicyclic amines) is 1. The zero-order valence-electron chi connectivity index (χ0n) is 10.2. The summed E-state index contributed by atoms with van der Waals surface area (Å²) >= 11 is 5.31. The Bertz CT molecular complexity index is 387. The molecule has 1 aliphatic heterocycles. The number of hydrogen-bond acceptors (Lipinski definition) is 2. The highest BCUT2D eigenvalue weighted by Crippen LogP contribution is 2.16. The number of piperidine rings is 1. The lowest BCUT2D eigenvalue weighted by molar-refractivity contribution is 0.200. The minimum Gasteiger partial charge on any atom is -0.337 e. The Kier molecular flexibility index (Phi) is 3.82. The molecule has 1 unspecified atom stereocenters. The van der Waals surface area contributed by atoms with Crippen molar-refractivity contribution >= 4 is 12.2 Å². The number of rotatable bonds is 3. The zero-order valence-corrected chi connectivity index (χ0v) is 11.0. The molecule has 0 aromatic carbocycles. The van der Waals surface area contributed by atoms with Gasteiger partial charge in [-0.05, 0) is 52.0 Å². The molecule has 0 bridgehead atoms. The summed E-state index contributed by atoms with van der Waals surface area (Å²) in [4.78, 5) is 5.67. The molecule has 2 rings (SSSR count). The van der Waals surface area contributed by atoms with Gasteiger partial charge in [0.1, 0.15) is 0 Å². The highest BCUT2D eigenvalue weighted by molar-refractivity contribution is 7.71. The van der Waals surface area contributed by atoms with Gasteiger partial charge in [0.05, 0.1) is 0 Å². The Hall–Kier alpha value is -0.610. The first-order valence-electron chi connectivity index (χ1n) is 6.17. The van der Waals surface area contributed by atoms with Crippen LogP contribution in [0.5, 0.6) is 0 Å². The third-order valence-electron chi connectivity index (χ3n) is 3.42. The van der Waals surface area contributed by atoms with Gasteiger partial charge in [-0.3, -0.25) is 0 Å². The van der Waals surface area contributed by atoms with Crippen LogP contribution in [0.2, 0.25) is 0 Å². The minimum atomic E-state index is 0.469. The van der Waals surface area contributed by atoms with E-state index in [-0.39, 0.29) is 0 Å². The Morgan fingerprint density at radius 2 is 2.06 bits per heavy atom. The number of imidazole rings is 1. The van der Waals surface area contributed by atoms with Gasteiger partial charge in [-0.1, -0.05) is 6.42 Å². The fourth-order valence-corrected chi connectivity index (χ4v) is 2.99. The fourth-order valence-electron chi connectivity index (χ4n) is 2.61. The molecule has 1 aliphatic rings. The molecule has 2 heterocycles. The number of aryl methyl sites for hydroxylation is 1. The van der Waals surface area contributed by atoms with Crippen molar-refractivity contribution in [2.24, 2.45) is 0 Å². The summed E-state index contributed by atoms with van der Waals surface area (Å²) in [5.74, 6) is 0. The Morgan fingerprint density at radius 3 is 2.62 bits per heavy atom. The Labute approximate surface area is 102 Å².